The lowest BCUT2D eigenvalue weighted by Gasteiger charge is -2.28. The summed E-state index contributed by atoms with van der Waals surface area (Å²) < 4.78 is 24.1. The second kappa shape index (κ2) is 6.07. The molecule has 2 unspecified atom stereocenters. The van der Waals surface area contributed by atoms with Gasteiger partial charge in [0, 0.05) is 12.6 Å². The molecule has 0 bridgehead atoms. The minimum atomic E-state index is -3.14. The normalized spacial score (nSPS) is 22.6. The Balaban J connectivity index is 2.06. The van der Waals surface area contributed by atoms with Crippen LogP contribution in [0.2, 0.25) is 0 Å². The first-order valence-corrected chi connectivity index (χ1v) is 9.07. The summed E-state index contributed by atoms with van der Waals surface area (Å²) in [5, 5.41) is 13.4. The second-order valence-electron chi connectivity index (χ2n) is 7.02. The van der Waals surface area contributed by atoms with E-state index in [1.807, 2.05) is 12.1 Å². The van der Waals surface area contributed by atoms with E-state index in [2.05, 4.69) is 26.1 Å². The van der Waals surface area contributed by atoms with Crippen molar-refractivity contribution in [2.45, 2.75) is 50.7 Å². The summed E-state index contributed by atoms with van der Waals surface area (Å²) in [5.74, 6) is 0.164. The molecule has 0 amide bonds. The van der Waals surface area contributed by atoms with E-state index in [1.165, 1.54) is 0 Å². The molecule has 5 heteroatoms. The van der Waals surface area contributed by atoms with Crippen LogP contribution in [0, 0.1) is 5.41 Å². The highest BCUT2D eigenvalue weighted by Gasteiger charge is 2.30. The molecule has 2 rings (SSSR count). The minimum Gasteiger partial charge on any atom is -0.392 e. The lowest BCUT2D eigenvalue weighted by atomic mass is 9.89. The Kier molecular flexibility index (Phi) is 4.76. The number of fused-ring (bicyclic) bond motifs is 1. The van der Waals surface area contributed by atoms with Gasteiger partial charge in [-0.05, 0) is 29.9 Å². The van der Waals surface area contributed by atoms with E-state index < -0.39 is 15.9 Å². The smallest absolute Gasteiger partial charge is 0.178 e. The predicted octanol–water partition coefficient (Wildman–Crippen LogP) is 2.29. The van der Waals surface area contributed by atoms with Crippen LogP contribution in [0.5, 0.6) is 0 Å². The van der Waals surface area contributed by atoms with E-state index in [4.69, 9.17) is 0 Å². The zero-order chi connectivity index (χ0) is 15.7. The summed E-state index contributed by atoms with van der Waals surface area (Å²) in [4.78, 5) is 0.430. The van der Waals surface area contributed by atoms with Gasteiger partial charge in [-0.2, -0.15) is 0 Å². The van der Waals surface area contributed by atoms with Crippen molar-refractivity contribution < 1.29 is 13.5 Å². The molecule has 1 aliphatic heterocycles. The Morgan fingerprint density at radius 3 is 2.67 bits per heavy atom. The molecule has 0 spiro atoms. The highest BCUT2D eigenvalue weighted by atomic mass is 32.2. The van der Waals surface area contributed by atoms with E-state index in [-0.39, 0.29) is 17.2 Å². The van der Waals surface area contributed by atoms with Gasteiger partial charge in [-0.25, -0.2) is 8.42 Å². The van der Waals surface area contributed by atoms with Crippen molar-refractivity contribution in [1.82, 2.24) is 5.32 Å². The van der Waals surface area contributed by atoms with E-state index in [1.54, 1.807) is 12.1 Å². The Hall–Kier alpha value is -0.910. The third-order valence-electron chi connectivity index (χ3n) is 3.75. The molecule has 2 atom stereocenters. The predicted molar refractivity (Wildman–Crippen MR) is 83.9 cm³/mol. The van der Waals surface area contributed by atoms with E-state index in [9.17, 15) is 13.5 Å². The molecule has 1 aromatic carbocycles. The van der Waals surface area contributed by atoms with Crippen molar-refractivity contribution in [1.29, 1.82) is 0 Å². The van der Waals surface area contributed by atoms with Crippen molar-refractivity contribution in [3.63, 3.8) is 0 Å². The highest BCUT2D eigenvalue weighted by molar-refractivity contribution is 7.91. The van der Waals surface area contributed by atoms with Crippen molar-refractivity contribution >= 4 is 9.84 Å². The van der Waals surface area contributed by atoms with Gasteiger partial charge in [-0.3, -0.25) is 0 Å². The number of aliphatic hydroxyl groups is 1. The van der Waals surface area contributed by atoms with Crippen LogP contribution in [0.1, 0.15) is 45.2 Å². The average Bonchev–Trinajstić information content (AvgIpc) is 2.36. The van der Waals surface area contributed by atoms with Gasteiger partial charge in [0.25, 0.3) is 0 Å². The quantitative estimate of drug-likeness (QED) is 0.895. The number of hydrogen-bond donors (Lipinski definition) is 2. The largest absolute Gasteiger partial charge is 0.392 e. The number of nitrogens with one attached hydrogen (secondary N) is 1. The van der Waals surface area contributed by atoms with Gasteiger partial charge < -0.3 is 10.4 Å². The maximum atomic E-state index is 12.1. The van der Waals surface area contributed by atoms with Crippen LogP contribution in [0.15, 0.2) is 29.2 Å². The molecular weight excluding hydrogens is 286 g/mol. The number of sulfone groups is 1. The average molecular weight is 311 g/mol. The molecule has 1 heterocycles. The van der Waals surface area contributed by atoms with Gasteiger partial charge in [-0.1, -0.05) is 39.0 Å². The summed E-state index contributed by atoms with van der Waals surface area (Å²) in [7, 11) is -3.14. The molecule has 0 radical (unpaired) electrons. The summed E-state index contributed by atoms with van der Waals surface area (Å²) in [6.45, 7) is 6.77. The summed E-state index contributed by atoms with van der Waals surface area (Å²) in [6.07, 6.45) is 0.851. The highest BCUT2D eigenvalue weighted by Crippen LogP contribution is 2.32. The van der Waals surface area contributed by atoms with E-state index in [0.717, 1.165) is 5.56 Å². The molecule has 0 saturated carbocycles. The zero-order valence-electron chi connectivity index (χ0n) is 13.0. The maximum Gasteiger partial charge on any atom is 0.178 e. The van der Waals surface area contributed by atoms with Gasteiger partial charge in [0.15, 0.2) is 9.84 Å². The first-order chi connectivity index (χ1) is 9.69. The molecule has 1 aromatic rings. The van der Waals surface area contributed by atoms with Crippen LogP contribution in [0.25, 0.3) is 0 Å². The summed E-state index contributed by atoms with van der Waals surface area (Å²) in [5.41, 5.74) is 0.904. The topological polar surface area (TPSA) is 66.4 Å². The monoisotopic (exact) mass is 311 g/mol. The Labute approximate surface area is 127 Å². The lowest BCUT2D eigenvalue weighted by Crippen LogP contribution is -2.36. The minimum absolute atomic E-state index is 0.000608. The van der Waals surface area contributed by atoms with Crippen molar-refractivity contribution in [3.05, 3.63) is 29.8 Å². The second-order valence-corrected chi connectivity index (χ2v) is 9.10. The van der Waals surface area contributed by atoms with Crippen LogP contribution in [0.3, 0.4) is 0 Å². The van der Waals surface area contributed by atoms with Crippen molar-refractivity contribution in [2.75, 3.05) is 12.3 Å². The Bertz CT molecular complexity index is 590. The van der Waals surface area contributed by atoms with Gasteiger partial charge in [-0.15, -0.1) is 0 Å². The number of hydrogen-bond acceptors (Lipinski definition) is 4. The van der Waals surface area contributed by atoms with Crippen LogP contribution in [-0.4, -0.2) is 31.9 Å². The number of aliphatic hydroxyl groups excluding tert-OH is 1. The fourth-order valence-electron chi connectivity index (χ4n) is 2.86. The first-order valence-electron chi connectivity index (χ1n) is 7.42. The van der Waals surface area contributed by atoms with Crippen LogP contribution < -0.4 is 5.32 Å². The first kappa shape index (κ1) is 16.5. The molecule has 2 N–H and O–H groups in total. The standard InChI is InChI=1S/C16H25NO3S/c1-16(2,3)10-12(18)11-17-14-8-9-21(19,20)15-7-5-4-6-13(14)15/h4-7,12,14,17-18H,8-11H2,1-3H3. The molecule has 0 aliphatic carbocycles. The molecule has 4 nitrogen and oxygen atoms in total. The van der Waals surface area contributed by atoms with E-state index in [0.29, 0.717) is 24.3 Å². The van der Waals surface area contributed by atoms with Crippen LogP contribution in [-0.2, 0) is 9.84 Å². The van der Waals surface area contributed by atoms with Crippen molar-refractivity contribution in [2.24, 2.45) is 5.41 Å². The van der Waals surface area contributed by atoms with Crippen molar-refractivity contribution in [3.8, 4) is 0 Å². The Morgan fingerprint density at radius 2 is 2.00 bits per heavy atom. The maximum absolute atomic E-state index is 12.1. The summed E-state index contributed by atoms with van der Waals surface area (Å²) >= 11 is 0. The molecule has 21 heavy (non-hydrogen) atoms. The SMILES string of the molecule is CC(C)(C)CC(O)CNC1CCS(=O)(=O)c2ccccc21. The van der Waals surface area contributed by atoms with Crippen LogP contribution in [0.4, 0.5) is 0 Å². The molecule has 1 aliphatic rings. The fourth-order valence-corrected chi connectivity index (χ4v) is 4.48. The van der Waals surface area contributed by atoms with Gasteiger partial charge in [0.05, 0.1) is 16.8 Å². The third-order valence-corrected chi connectivity index (χ3v) is 5.57. The zero-order valence-corrected chi connectivity index (χ0v) is 13.8. The third kappa shape index (κ3) is 4.28. The molecule has 0 aromatic heterocycles. The number of benzene rings is 1. The van der Waals surface area contributed by atoms with Crippen LogP contribution >= 0.6 is 0 Å². The molecule has 0 fully saturated rings. The van der Waals surface area contributed by atoms with Gasteiger partial charge in [0.2, 0.25) is 0 Å². The van der Waals surface area contributed by atoms with Gasteiger partial charge >= 0.3 is 0 Å². The number of rotatable bonds is 4. The fraction of sp³-hybridized carbons (Fsp3) is 0.625. The lowest BCUT2D eigenvalue weighted by molar-refractivity contribution is 0.116. The van der Waals surface area contributed by atoms with Gasteiger partial charge in [0.1, 0.15) is 0 Å². The molecular formula is C16H25NO3S. The summed E-state index contributed by atoms with van der Waals surface area (Å²) in [6, 6.07) is 7.15. The Morgan fingerprint density at radius 1 is 1.33 bits per heavy atom. The van der Waals surface area contributed by atoms with E-state index >= 15 is 0 Å². The molecule has 0 saturated heterocycles. The molecule has 118 valence electrons.